The first-order valence-corrected chi connectivity index (χ1v) is 9.13. The van der Waals surface area contributed by atoms with Crippen molar-refractivity contribution >= 4 is 33.2 Å². The Morgan fingerprint density at radius 3 is 2.76 bits per heavy atom. The second kappa shape index (κ2) is 8.87. The molecule has 6 heteroatoms. The van der Waals surface area contributed by atoms with Crippen LogP contribution in [0.1, 0.15) is 12.8 Å². The molecule has 1 aliphatic rings. The summed E-state index contributed by atoms with van der Waals surface area (Å²) in [6.07, 6.45) is 2.24. The number of para-hydroxylation sites is 2. The third-order valence-electron chi connectivity index (χ3n) is 3.91. The van der Waals surface area contributed by atoms with Crippen LogP contribution in [0.5, 0.6) is 5.75 Å². The number of nitrogens with one attached hydrogen (secondary N) is 2. The maximum atomic E-state index is 12.2. The van der Waals surface area contributed by atoms with E-state index in [0.717, 1.165) is 29.6 Å². The highest BCUT2D eigenvalue weighted by molar-refractivity contribution is 9.10. The summed E-state index contributed by atoms with van der Waals surface area (Å²) in [4.78, 5) is 12.2. The normalized spacial score (nSPS) is 16.4. The molecular formula is C19H21BrN2O3. The maximum Gasteiger partial charge on any atom is 0.243 e. The molecule has 0 bridgehead atoms. The van der Waals surface area contributed by atoms with Gasteiger partial charge in [-0.1, -0.05) is 28.1 Å². The summed E-state index contributed by atoms with van der Waals surface area (Å²) in [7, 11) is 0. The topological polar surface area (TPSA) is 59.6 Å². The molecule has 0 aliphatic carbocycles. The van der Waals surface area contributed by atoms with E-state index in [2.05, 4.69) is 26.6 Å². The van der Waals surface area contributed by atoms with Gasteiger partial charge in [-0.25, -0.2) is 0 Å². The fourth-order valence-corrected chi connectivity index (χ4v) is 2.86. The van der Waals surface area contributed by atoms with Gasteiger partial charge in [-0.05, 0) is 49.2 Å². The molecule has 5 nitrogen and oxygen atoms in total. The van der Waals surface area contributed by atoms with E-state index in [4.69, 9.17) is 9.47 Å². The molecule has 1 heterocycles. The zero-order valence-corrected chi connectivity index (χ0v) is 15.4. The molecule has 1 amide bonds. The maximum absolute atomic E-state index is 12.2. The molecule has 1 aliphatic heterocycles. The monoisotopic (exact) mass is 404 g/mol. The predicted octanol–water partition coefficient (Wildman–Crippen LogP) is 4.06. The Kier molecular flexibility index (Phi) is 6.30. The number of amides is 1. The number of benzene rings is 2. The van der Waals surface area contributed by atoms with E-state index in [0.29, 0.717) is 18.0 Å². The number of hydrogen-bond acceptors (Lipinski definition) is 4. The SMILES string of the molecule is O=C(CNc1ccc(Br)cc1)Nc1ccccc1OCC1CCCO1. The van der Waals surface area contributed by atoms with E-state index in [1.165, 1.54) is 0 Å². The highest BCUT2D eigenvalue weighted by Crippen LogP contribution is 2.25. The van der Waals surface area contributed by atoms with E-state index < -0.39 is 0 Å². The Morgan fingerprint density at radius 1 is 1.20 bits per heavy atom. The van der Waals surface area contributed by atoms with E-state index in [9.17, 15) is 4.79 Å². The molecule has 0 aromatic heterocycles. The lowest BCUT2D eigenvalue weighted by Gasteiger charge is -2.15. The molecule has 132 valence electrons. The highest BCUT2D eigenvalue weighted by Gasteiger charge is 2.17. The number of carbonyl (C=O) groups is 1. The van der Waals surface area contributed by atoms with Gasteiger partial charge in [0.25, 0.3) is 0 Å². The minimum absolute atomic E-state index is 0.129. The van der Waals surface area contributed by atoms with Crippen LogP contribution < -0.4 is 15.4 Å². The van der Waals surface area contributed by atoms with Gasteiger partial charge >= 0.3 is 0 Å². The lowest BCUT2D eigenvalue weighted by Crippen LogP contribution is -2.22. The van der Waals surface area contributed by atoms with Crippen molar-refractivity contribution in [2.24, 2.45) is 0 Å². The molecule has 2 aromatic carbocycles. The van der Waals surface area contributed by atoms with Crippen LogP contribution in [-0.4, -0.2) is 31.8 Å². The minimum Gasteiger partial charge on any atom is -0.489 e. The van der Waals surface area contributed by atoms with Crippen LogP contribution in [-0.2, 0) is 9.53 Å². The molecule has 3 rings (SSSR count). The van der Waals surface area contributed by atoms with Crippen molar-refractivity contribution in [3.05, 3.63) is 53.0 Å². The Morgan fingerprint density at radius 2 is 2.00 bits per heavy atom. The zero-order valence-electron chi connectivity index (χ0n) is 13.8. The second-order valence-electron chi connectivity index (χ2n) is 5.85. The predicted molar refractivity (Wildman–Crippen MR) is 102 cm³/mol. The number of carbonyl (C=O) groups excluding carboxylic acids is 1. The van der Waals surface area contributed by atoms with Crippen LogP contribution in [0.15, 0.2) is 53.0 Å². The first-order valence-electron chi connectivity index (χ1n) is 8.33. The Balaban J connectivity index is 1.52. The van der Waals surface area contributed by atoms with E-state index >= 15 is 0 Å². The van der Waals surface area contributed by atoms with Gasteiger partial charge in [0.2, 0.25) is 5.91 Å². The van der Waals surface area contributed by atoms with E-state index in [1.807, 2.05) is 48.5 Å². The van der Waals surface area contributed by atoms with Gasteiger partial charge < -0.3 is 20.1 Å². The van der Waals surface area contributed by atoms with Gasteiger partial charge in [-0.15, -0.1) is 0 Å². The standard InChI is InChI=1S/C19H21BrN2O3/c20-14-7-9-15(10-8-14)21-12-19(23)22-17-5-1-2-6-18(17)25-13-16-4-3-11-24-16/h1-2,5-10,16,21H,3-4,11-13H2,(H,22,23). The summed E-state index contributed by atoms with van der Waals surface area (Å²) in [5, 5.41) is 5.99. The molecule has 1 fully saturated rings. The average molecular weight is 405 g/mol. The van der Waals surface area contributed by atoms with Crippen molar-refractivity contribution in [1.29, 1.82) is 0 Å². The summed E-state index contributed by atoms with van der Waals surface area (Å²) >= 11 is 3.39. The van der Waals surface area contributed by atoms with Gasteiger partial charge in [-0.3, -0.25) is 4.79 Å². The molecular weight excluding hydrogens is 384 g/mol. The lowest BCUT2D eigenvalue weighted by atomic mass is 10.2. The Bertz CT molecular complexity index is 700. The molecule has 0 radical (unpaired) electrons. The summed E-state index contributed by atoms with van der Waals surface area (Å²) in [5.74, 6) is 0.533. The molecule has 25 heavy (non-hydrogen) atoms. The fourth-order valence-electron chi connectivity index (χ4n) is 2.60. The van der Waals surface area contributed by atoms with E-state index in [-0.39, 0.29) is 18.6 Å². The number of hydrogen-bond donors (Lipinski definition) is 2. The number of halogens is 1. The third kappa shape index (κ3) is 5.47. The quantitative estimate of drug-likeness (QED) is 0.730. The van der Waals surface area contributed by atoms with Crippen LogP contribution in [0.2, 0.25) is 0 Å². The number of rotatable bonds is 7. The second-order valence-corrected chi connectivity index (χ2v) is 6.77. The minimum atomic E-state index is -0.129. The highest BCUT2D eigenvalue weighted by atomic mass is 79.9. The van der Waals surface area contributed by atoms with Gasteiger partial charge in [0.05, 0.1) is 18.3 Å². The van der Waals surface area contributed by atoms with Crippen LogP contribution in [0.25, 0.3) is 0 Å². The van der Waals surface area contributed by atoms with Gasteiger partial charge in [0.15, 0.2) is 0 Å². The van der Waals surface area contributed by atoms with Crippen molar-refractivity contribution in [3.63, 3.8) is 0 Å². The Hall–Kier alpha value is -2.05. The lowest BCUT2D eigenvalue weighted by molar-refractivity contribution is -0.114. The molecule has 0 spiro atoms. The molecule has 0 saturated carbocycles. The molecule has 1 atom stereocenters. The fraction of sp³-hybridized carbons (Fsp3) is 0.316. The van der Waals surface area contributed by atoms with Crippen LogP contribution in [0.3, 0.4) is 0 Å². The van der Waals surface area contributed by atoms with Crippen molar-refractivity contribution < 1.29 is 14.3 Å². The Labute approximate surface area is 155 Å². The number of anilines is 2. The first-order chi connectivity index (χ1) is 12.2. The van der Waals surface area contributed by atoms with Crippen molar-refractivity contribution in [1.82, 2.24) is 0 Å². The van der Waals surface area contributed by atoms with Crippen LogP contribution in [0.4, 0.5) is 11.4 Å². The van der Waals surface area contributed by atoms with Crippen molar-refractivity contribution in [2.75, 3.05) is 30.4 Å². The molecule has 1 unspecified atom stereocenters. The number of ether oxygens (including phenoxy) is 2. The smallest absolute Gasteiger partial charge is 0.243 e. The van der Waals surface area contributed by atoms with E-state index in [1.54, 1.807) is 0 Å². The average Bonchev–Trinajstić information content (AvgIpc) is 3.14. The van der Waals surface area contributed by atoms with Crippen LogP contribution in [0, 0.1) is 0 Å². The van der Waals surface area contributed by atoms with Gasteiger partial charge in [-0.2, -0.15) is 0 Å². The molecule has 2 N–H and O–H groups in total. The van der Waals surface area contributed by atoms with Gasteiger partial charge in [0.1, 0.15) is 12.4 Å². The summed E-state index contributed by atoms with van der Waals surface area (Å²) in [6, 6.07) is 15.1. The first kappa shape index (κ1) is 17.8. The summed E-state index contributed by atoms with van der Waals surface area (Å²) in [5.41, 5.74) is 1.56. The van der Waals surface area contributed by atoms with Crippen LogP contribution >= 0.6 is 15.9 Å². The molecule has 2 aromatic rings. The van der Waals surface area contributed by atoms with Crippen molar-refractivity contribution in [3.8, 4) is 5.75 Å². The zero-order chi connectivity index (χ0) is 17.5. The third-order valence-corrected chi connectivity index (χ3v) is 4.44. The summed E-state index contributed by atoms with van der Waals surface area (Å²) in [6.45, 7) is 1.49. The van der Waals surface area contributed by atoms with Gasteiger partial charge in [0, 0.05) is 16.8 Å². The molecule has 1 saturated heterocycles. The largest absolute Gasteiger partial charge is 0.489 e. The van der Waals surface area contributed by atoms with Crippen molar-refractivity contribution in [2.45, 2.75) is 18.9 Å². The summed E-state index contributed by atoms with van der Waals surface area (Å²) < 4.78 is 12.4.